The first-order valence-electron chi connectivity index (χ1n) is 3.69. The summed E-state index contributed by atoms with van der Waals surface area (Å²) in [6, 6.07) is 3.24. The molecular formula is C9H6BrFOS. The molecule has 1 heterocycles. The highest BCUT2D eigenvalue weighted by atomic mass is 79.9. The van der Waals surface area contributed by atoms with E-state index in [-0.39, 0.29) is 12.4 Å². The fraction of sp³-hybridized carbons (Fsp3) is 0.111. The highest BCUT2D eigenvalue weighted by Gasteiger charge is 2.10. The first-order valence-corrected chi connectivity index (χ1v) is 5.36. The summed E-state index contributed by atoms with van der Waals surface area (Å²) in [7, 11) is 0. The predicted molar refractivity (Wildman–Crippen MR) is 55.4 cm³/mol. The summed E-state index contributed by atoms with van der Waals surface area (Å²) in [6.07, 6.45) is 0. The van der Waals surface area contributed by atoms with Crippen molar-refractivity contribution in [1.29, 1.82) is 0 Å². The third-order valence-electron chi connectivity index (χ3n) is 1.89. The lowest BCUT2D eigenvalue weighted by Gasteiger charge is -2.02. The Morgan fingerprint density at radius 3 is 3.00 bits per heavy atom. The maximum absolute atomic E-state index is 13.2. The van der Waals surface area contributed by atoms with E-state index in [2.05, 4.69) is 15.9 Å². The van der Waals surface area contributed by atoms with Crippen LogP contribution >= 0.6 is 27.3 Å². The second kappa shape index (κ2) is 3.36. The summed E-state index contributed by atoms with van der Waals surface area (Å²) in [5.74, 6) is -0.320. The Hall–Kier alpha value is -0.450. The molecule has 2 aromatic rings. The first-order chi connectivity index (χ1) is 6.24. The van der Waals surface area contributed by atoms with Crippen molar-refractivity contribution >= 4 is 37.4 Å². The maximum atomic E-state index is 13.2. The van der Waals surface area contributed by atoms with Gasteiger partial charge in [-0.15, -0.1) is 11.3 Å². The number of benzene rings is 1. The third kappa shape index (κ3) is 1.39. The van der Waals surface area contributed by atoms with Gasteiger partial charge < -0.3 is 5.11 Å². The summed E-state index contributed by atoms with van der Waals surface area (Å²) in [5.41, 5.74) is 0.636. The van der Waals surface area contributed by atoms with Crippen molar-refractivity contribution in [3.63, 3.8) is 0 Å². The average molecular weight is 261 g/mol. The van der Waals surface area contributed by atoms with E-state index in [0.29, 0.717) is 10.0 Å². The molecule has 0 saturated heterocycles. The van der Waals surface area contributed by atoms with Crippen LogP contribution < -0.4 is 0 Å². The molecule has 13 heavy (non-hydrogen) atoms. The van der Waals surface area contributed by atoms with Crippen molar-refractivity contribution in [2.75, 3.05) is 0 Å². The highest BCUT2D eigenvalue weighted by molar-refractivity contribution is 9.10. The number of thiophene rings is 1. The Morgan fingerprint density at radius 2 is 2.31 bits per heavy atom. The molecule has 1 nitrogen and oxygen atoms in total. The predicted octanol–water partition coefficient (Wildman–Crippen LogP) is 3.30. The molecular weight excluding hydrogens is 255 g/mol. The zero-order valence-corrected chi connectivity index (χ0v) is 8.95. The normalized spacial score (nSPS) is 11.0. The molecule has 1 aromatic heterocycles. The quantitative estimate of drug-likeness (QED) is 0.835. The van der Waals surface area contributed by atoms with Gasteiger partial charge in [0, 0.05) is 0 Å². The maximum Gasteiger partial charge on any atom is 0.139 e. The number of fused-ring (bicyclic) bond motifs is 1. The molecule has 0 bridgehead atoms. The van der Waals surface area contributed by atoms with Gasteiger partial charge in [-0.3, -0.25) is 0 Å². The zero-order chi connectivity index (χ0) is 9.42. The first kappa shape index (κ1) is 9.12. The van der Waals surface area contributed by atoms with Crippen LogP contribution in [0.5, 0.6) is 0 Å². The van der Waals surface area contributed by atoms with Gasteiger partial charge in [0.25, 0.3) is 0 Å². The van der Waals surface area contributed by atoms with Gasteiger partial charge in [0.1, 0.15) is 5.82 Å². The Balaban J connectivity index is 2.87. The van der Waals surface area contributed by atoms with Gasteiger partial charge in [0.2, 0.25) is 0 Å². The molecule has 0 aliphatic carbocycles. The van der Waals surface area contributed by atoms with Crippen LogP contribution in [0.15, 0.2) is 22.0 Å². The minimum Gasteiger partial charge on any atom is -0.392 e. The van der Waals surface area contributed by atoms with Gasteiger partial charge in [-0.05, 0) is 44.4 Å². The van der Waals surface area contributed by atoms with Gasteiger partial charge in [0.15, 0.2) is 0 Å². The standard InChI is InChI=1S/C9H6BrFOS/c10-8-7(11)3-5(4-12)6-1-2-13-9(6)8/h1-3,12H,4H2. The molecule has 4 heteroatoms. The minimum absolute atomic E-state index is 0.128. The minimum atomic E-state index is -0.320. The molecule has 0 aliphatic rings. The molecule has 0 saturated carbocycles. The SMILES string of the molecule is OCc1cc(F)c(Br)c2sccc12. The number of hydrogen-bond acceptors (Lipinski definition) is 2. The Labute approximate surface area is 86.9 Å². The average Bonchev–Trinajstić information content (AvgIpc) is 2.60. The van der Waals surface area contributed by atoms with Crippen LogP contribution in [0.3, 0.4) is 0 Å². The summed E-state index contributed by atoms with van der Waals surface area (Å²) in [4.78, 5) is 0. The molecule has 0 atom stereocenters. The van der Waals surface area contributed by atoms with E-state index >= 15 is 0 Å². The fourth-order valence-corrected chi connectivity index (χ4v) is 2.74. The van der Waals surface area contributed by atoms with Crippen LogP contribution in [0.4, 0.5) is 4.39 Å². The van der Waals surface area contributed by atoms with E-state index in [4.69, 9.17) is 5.11 Å². The lowest BCUT2D eigenvalue weighted by Crippen LogP contribution is -1.87. The molecule has 0 amide bonds. The smallest absolute Gasteiger partial charge is 0.139 e. The zero-order valence-electron chi connectivity index (χ0n) is 6.55. The topological polar surface area (TPSA) is 20.2 Å². The van der Waals surface area contributed by atoms with Crippen LogP contribution in [-0.4, -0.2) is 5.11 Å². The molecule has 0 aliphatic heterocycles. The van der Waals surface area contributed by atoms with Gasteiger partial charge in [-0.1, -0.05) is 0 Å². The second-order valence-electron chi connectivity index (χ2n) is 2.65. The lowest BCUT2D eigenvalue weighted by atomic mass is 10.1. The van der Waals surface area contributed by atoms with Gasteiger partial charge >= 0.3 is 0 Å². The van der Waals surface area contributed by atoms with Crippen LogP contribution in [-0.2, 0) is 6.61 Å². The van der Waals surface area contributed by atoms with Gasteiger partial charge in [0.05, 0.1) is 15.8 Å². The van der Waals surface area contributed by atoms with Crippen molar-refractivity contribution in [3.05, 3.63) is 33.4 Å². The summed E-state index contributed by atoms with van der Waals surface area (Å²) < 4.78 is 14.6. The van der Waals surface area contributed by atoms with Gasteiger partial charge in [-0.25, -0.2) is 4.39 Å². The monoisotopic (exact) mass is 260 g/mol. The van der Waals surface area contributed by atoms with Crippen molar-refractivity contribution in [1.82, 2.24) is 0 Å². The van der Waals surface area contributed by atoms with Crippen molar-refractivity contribution < 1.29 is 9.50 Å². The number of halogens is 2. The van der Waals surface area contributed by atoms with Crippen molar-refractivity contribution in [2.24, 2.45) is 0 Å². The van der Waals surface area contributed by atoms with Crippen LogP contribution in [0.1, 0.15) is 5.56 Å². The Bertz CT molecular complexity index is 452. The van der Waals surface area contributed by atoms with Crippen molar-refractivity contribution in [3.8, 4) is 0 Å². The van der Waals surface area contributed by atoms with Gasteiger partial charge in [-0.2, -0.15) is 0 Å². The highest BCUT2D eigenvalue weighted by Crippen LogP contribution is 2.33. The molecule has 0 fully saturated rings. The van der Waals surface area contributed by atoms with Crippen LogP contribution in [0.2, 0.25) is 0 Å². The Kier molecular flexibility index (Phi) is 2.36. The third-order valence-corrected chi connectivity index (χ3v) is 3.86. The molecule has 0 radical (unpaired) electrons. The number of hydrogen-bond donors (Lipinski definition) is 1. The summed E-state index contributed by atoms with van der Waals surface area (Å²) >= 11 is 4.64. The number of aliphatic hydroxyl groups excluding tert-OH is 1. The molecule has 0 unspecified atom stereocenters. The second-order valence-corrected chi connectivity index (χ2v) is 4.36. The molecule has 1 N–H and O–H groups in total. The van der Waals surface area contributed by atoms with Crippen molar-refractivity contribution in [2.45, 2.75) is 6.61 Å². The fourth-order valence-electron chi connectivity index (χ4n) is 1.27. The molecule has 1 aromatic carbocycles. The molecule has 2 rings (SSSR count). The number of aliphatic hydroxyl groups is 1. The Morgan fingerprint density at radius 1 is 1.54 bits per heavy atom. The number of rotatable bonds is 1. The molecule has 0 spiro atoms. The molecule has 68 valence electrons. The summed E-state index contributed by atoms with van der Waals surface area (Å²) in [5, 5.41) is 11.8. The van der Waals surface area contributed by atoms with Crippen LogP contribution in [0.25, 0.3) is 10.1 Å². The van der Waals surface area contributed by atoms with E-state index in [0.717, 1.165) is 10.1 Å². The lowest BCUT2D eigenvalue weighted by molar-refractivity contribution is 0.283. The van der Waals surface area contributed by atoms with E-state index in [1.165, 1.54) is 17.4 Å². The largest absolute Gasteiger partial charge is 0.392 e. The summed E-state index contributed by atoms with van der Waals surface area (Å²) in [6.45, 7) is -0.128. The van der Waals surface area contributed by atoms with Crippen LogP contribution in [0, 0.1) is 5.82 Å². The van der Waals surface area contributed by atoms with E-state index in [1.807, 2.05) is 11.4 Å². The van der Waals surface area contributed by atoms with E-state index in [9.17, 15) is 4.39 Å². The van der Waals surface area contributed by atoms with E-state index in [1.54, 1.807) is 0 Å². The van der Waals surface area contributed by atoms with E-state index < -0.39 is 0 Å².